The smallest absolute Gasteiger partial charge is 0.319 e. The van der Waals surface area contributed by atoms with Crippen molar-refractivity contribution in [2.24, 2.45) is 0 Å². The van der Waals surface area contributed by atoms with Crippen LogP contribution in [0.4, 0.5) is 10.2 Å². The number of aromatic nitrogens is 3. The van der Waals surface area contributed by atoms with Gasteiger partial charge in [-0.05, 0) is 63.1 Å². The largest absolute Gasteiger partial charge is 0.461 e. The van der Waals surface area contributed by atoms with Crippen molar-refractivity contribution in [3.63, 3.8) is 0 Å². The maximum atomic E-state index is 16.7. The Morgan fingerprint density at radius 2 is 1.88 bits per heavy atom. The third kappa shape index (κ3) is 4.05. The summed E-state index contributed by atoms with van der Waals surface area (Å²) >= 11 is 0. The molecule has 1 N–H and O–H groups in total. The molecule has 8 heteroatoms. The van der Waals surface area contributed by atoms with Crippen LogP contribution in [0, 0.1) is 18.1 Å². The molecule has 2 bridgehead atoms. The Kier molecular flexibility index (Phi) is 5.61. The Bertz CT molecular complexity index is 1740. The van der Waals surface area contributed by atoms with Crippen molar-refractivity contribution in [1.82, 2.24) is 25.2 Å². The number of ether oxygens (including phenoxy) is 1. The van der Waals surface area contributed by atoms with Gasteiger partial charge in [-0.25, -0.2) is 4.39 Å². The van der Waals surface area contributed by atoms with Crippen LogP contribution in [0.5, 0.6) is 6.01 Å². The van der Waals surface area contributed by atoms with E-state index in [9.17, 15) is 0 Å². The topological polar surface area (TPSA) is 66.4 Å². The van der Waals surface area contributed by atoms with Gasteiger partial charge in [0.25, 0.3) is 0 Å². The molecule has 41 heavy (non-hydrogen) atoms. The molecule has 0 radical (unpaired) electrons. The lowest BCUT2D eigenvalue weighted by Crippen LogP contribution is -2.51. The second kappa shape index (κ2) is 9.64. The van der Waals surface area contributed by atoms with E-state index in [4.69, 9.17) is 16.1 Å². The predicted molar refractivity (Wildman–Crippen MR) is 159 cm³/mol. The van der Waals surface area contributed by atoms with Crippen molar-refractivity contribution in [2.45, 2.75) is 56.1 Å². The highest BCUT2D eigenvalue weighted by atomic mass is 19.1. The molecule has 4 saturated heterocycles. The van der Waals surface area contributed by atoms with Gasteiger partial charge in [-0.3, -0.25) is 9.88 Å². The number of rotatable bonds is 5. The Morgan fingerprint density at radius 1 is 1.10 bits per heavy atom. The minimum absolute atomic E-state index is 0.0345. The van der Waals surface area contributed by atoms with Gasteiger partial charge in [-0.1, -0.05) is 36.3 Å². The first-order valence-electron chi connectivity index (χ1n) is 15.3. The number of benzene rings is 2. The normalized spacial score (nSPS) is 23.4. The number of pyridine rings is 1. The predicted octanol–water partition coefficient (Wildman–Crippen LogP) is 4.91. The quantitative estimate of drug-likeness (QED) is 0.355. The SMILES string of the molecule is [2H]C#Cc1cccc2cccc(-c3ncc4c(N5C[C@H]6CC[C@@H](C5)N6)nc(OCC56CCCN5CCC6)nc4c3F)c12. The maximum absolute atomic E-state index is 16.7. The van der Waals surface area contributed by atoms with Gasteiger partial charge >= 0.3 is 6.01 Å². The van der Waals surface area contributed by atoms with Crippen molar-refractivity contribution >= 4 is 27.5 Å². The average Bonchev–Trinajstić information content (AvgIpc) is 3.69. The molecule has 4 fully saturated rings. The van der Waals surface area contributed by atoms with Crippen LogP contribution in [0.15, 0.2) is 42.6 Å². The van der Waals surface area contributed by atoms with Crippen LogP contribution >= 0.6 is 0 Å². The summed E-state index contributed by atoms with van der Waals surface area (Å²) in [6.07, 6.45) is 10.8. The van der Waals surface area contributed by atoms with Crippen LogP contribution in [-0.4, -0.2) is 70.3 Å². The lowest BCUT2D eigenvalue weighted by Gasteiger charge is -2.34. The van der Waals surface area contributed by atoms with E-state index in [1.807, 2.05) is 36.4 Å². The molecule has 0 unspecified atom stereocenters. The highest BCUT2D eigenvalue weighted by molar-refractivity contribution is 6.02. The minimum Gasteiger partial charge on any atom is -0.461 e. The summed E-state index contributed by atoms with van der Waals surface area (Å²) in [5.41, 5.74) is 1.76. The Hall–Kier alpha value is -3.80. The number of halogens is 1. The number of piperazine rings is 1. The number of terminal acetylenes is 1. The van der Waals surface area contributed by atoms with E-state index in [1.165, 1.54) is 12.8 Å². The monoisotopic (exact) mass is 549 g/mol. The number of anilines is 1. The summed E-state index contributed by atoms with van der Waals surface area (Å²) in [5.74, 6) is 3.05. The molecule has 2 atom stereocenters. The Balaban J connectivity index is 1.26. The van der Waals surface area contributed by atoms with E-state index in [0.29, 0.717) is 41.0 Å². The maximum Gasteiger partial charge on any atom is 0.319 e. The molecule has 7 nitrogen and oxygen atoms in total. The summed E-state index contributed by atoms with van der Waals surface area (Å²) in [5, 5.41) is 5.96. The zero-order valence-electron chi connectivity index (χ0n) is 24.0. The average molecular weight is 550 g/mol. The van der Waals surface area contributed by atoms with Gasteiger partial charge in [0.1, 0.15) is 25.0 Å². The summed E-state index contributed by atoms with van der Waals surface area (Å²) < 4.78 is 30.6. The van der Waals surface area contributed by atoms with Crippen molar-refractivity contribution < 1.29 is 10.5 Å². The molecule has 2 aromatic carbocycles. The van der Waals surface area contributed by atoms with Gasteiger partial charge in [0.2, 0.25) is 0 Å². The van der Waals surface area contributed by atoms with E-state index in [-0.39, 0.29) is 22.8 Å². The lowest BCUT2D eigenvalue weighted by atomic mass is 9.95. The summed E-state index contributed by atoms with van der Waals surface area (Å²) in [6.45, 7) is 4.35. The van der Waals surface area contributed by atoms with Gasteiger partial charge in [-0.15, -0.1) is 6.40 Å². The fourth-order valence-electron chi connectivity index (χ4n) is 7.79. The molecule has 0 saturated carbocycles. The summed E-state index contributed by atoms with van der Waals surface area (Å²) in [7, 11) is 0. The van der Waals surface area contributed by atoms with Gasteiger partial charge in [0.05, 0.1) is 10.9 Å². The molecule has 8 rings (SSSR count). The minimum atomic E-state index is -0.498. The zero-order chi connectivity index (χ0) is 28.3. The molecular formula is C33H33FN6O. The van der Waals surface area contributed by atoms with Crippen molar-refractivity contribution in [3.05, 3.63) is 54.0 Å². The van der Waals surface area contributed by atoms with Crippen LogP contribution in [0.1, 0.15) is 45.5 Å². The Morgan fingerprint density at radius 3 is 2.66 bits per heavy atom. The Labute approximate surface area is 240 Å². The zero-order valence-corrected chi connectivity index (χ0v) is 23.0. The van der Waals surface area contributed by atoms with Gasteiger partial charge < -0.3 is 15.0 Å². The lowest BCUT2D eigenvalue weighted by molar-refractivity contribution is 0.108. The molecular weight excluding hydrogens is 515 g/mol. The van der Waals surface area contributed by atoms with Crippen LogP contribution in [0.3, 0.4) is 0 Å². The summed E-state index contributed by atoms with van der Waals surface area (Å²) in [4.78, 5) is 19.1. The fourth-order valence-corrected chi connectivity index (χ4v) is 7.79. The second-order valence-corrected chi connectivity index (χ2v) is 12.1. The van der Waals surface area contributed by atoms with Crippen molar-refractivity contribution in [2.75, 3.05) is 37.7 Å². The van der Waals surface area contributed by atoms with E-state index in [1.54, 1.807) is 6.20 Å². The third-order valence-electron chi connectivity index (χ3n) is 9.74. The fraction of sp³-hybridized carbons (Fsp3) is 0.424. The van der Waals surface area contributed by atoms with Crippen molar-refractivity contribution in [1.29, 1.82) is 0 Å². The van der Waals surface area contributed by atoms with E-state index in [2.05, 4.69) is 32.4 Å². The number of nitrogens with one attached hydrogen (secondary N) is 1. The molecule has 4 aliphatic heterocycles. The van der Waals surface area contributed by atoms with Crippen LogP contribution in [-0.2, 0) is 0 Å². The van der Waals surface area contributed by atoms with Crippen LogP contribution < -0.4 is 15.0 Å². The van der Waals surface area contributed by atoms with Gasteiger partial charge in [0, 0.05) is 47.9 Å². The van der Waals surface area contributed by atoms with Gasteiger partial charge in [0.15, 0.2) is 5.82 Å². The molecule has 0 aliphatic carbocycles. The highest BCUT2D eigenvalue weighted by Crippen LogP contribution is 2.40. The number of hydrogen-bond acceptors (Lipinski definition) is 7. The molecule has 6 heterocycles. The molecule has 208 valence electrons. The van der Waals surface area contributed by atoms with E-state index < -0.39 is 5.82 Å². The first kappa shape index (κ1) is 23.9. The third-order valence-corrected chi connectivity index (χ3v) is 9.74. The van der Waals surface area contributed by atoms with E-state index >= 15 is 4.39 Å². The van der Waals surface area contributed by atoms with E-state index in [0.717, 1.165) is 62.6 Å². The van der Waals surface area contributed by atoms with Crippen molar-refractivity contribution in [3.8, 4) is 29.6 Å². The first-order valence-corrected chi connectivity index (χ1v) is 14.8. The van der Waals surface area contributed by atoms with Gasteiger partial charge in [-0.2, -0.15) is 9.97 Å². The number of fused-ring (bicyclic) bond motifs is 5. The molecule has 4 aromatic rings. The highest BCUT2D eigenvalue weighted by Gasteiger charge is 2.45. The molecule has 4 aliphatic rings. The molecule has 2 aromatic heterocycles. The molecule has 0 spiro atoms. The molecule has 0 amide bonds. The van der Waals surface area contributed by atoms with Crippen LogP contribution in [0.25, 0.3) is 32.9 Å². The second-order valence-electron chi connectivity index (χ2n) is 12.1. The first-order chi connectivity index (χ1) is 20.6. The van der Waals surface area contributed by atoms with Crippen LogP contribution in [0.2, 0.25) is 0 Å². The standard InChI is InChI=1S/C33H33FN6O/c1-2-21-7-3-8-22-9-4-10-25(27(21)22)29-28(34)30-26(17-35-29)31(39-18-23-11-12-24(19-39)36-23)38-32(37-30)41-20-33-13-5-15-40(33)16-6-14-33/h1,3-4,7-10,17,23-24,36H,5-6,11-16,18-20H2/t23-,24+/i1D. The summed E-state index contributed by atoms with van der Waals surface area (Å²) in [6, 6.07) is 12.5. The number of nitrogens with zero attached hydrogens (tertiary/aromatic N) is 5. The number of hydrogen-bond donors (Lipinski definition) is 1.